The molecule has 0 bridgehead atoms. The van der Waals surface area contributed by atoms with E-state index in [4.69, 9.17) is 0 Å². The lowest BCUT2D eigenvalue weighted by molar-refractivity contribution is 0.311. The van der Waals surface area contributed by atoms with Gasteiger partial charge in [0.05, 0.1) is 5.52 Å². The van der Waals surface area contributed by atoms with Gasteiger partial charge in [-0.2, -0.15) is 0 Å². The highest BCUT2D eigenvalue weighted by Gasteiger charge is 2.31. The van der Waals surface area contributed by atoms with Gasteiger partial charge in [-0.15, -0.1) is 0 Å². The van der Waals surface area contributed by atoms with E-state index in [1.165, 1.54) is 59.5 Å². The van der Waals surface area contributed by atoms with Crippen LogP contribution in [0.1, 0.15) is 84.8 Å². The van der Waals surface area contributed by atoms with Gasteiger partial charge in [0.15, 0.2) is 0 Å². The van der Waals surface area contributed by atoms with E-state index in [2.05, 4.69) is 82.9 Å². The van der Waals surface area contributed by atoms with E-state index in [0.717, 1.165) is 18.3 Å². The minimum absolute atomic E-state index is 0.209. The third kappa shape index (κ3) is 4.00. The van der Waals surface area contributed by atoms with Gasteiger partial charge in [0.25, 0.3) is 0 Å². The molecule has 0 aliphatic heterocycles. The Hall–Kier alpha value is -1.76. The molecule has 0 saturated heterocycles. The summed E-state index contributed by atoms with van der Waals surface area (Å²) < 4.78 is 0. The topological polar surface area (TPSA) is 15.8 Å². The Morgan fingerprint density at radius 3 is 2.29 bits per heavy atom. The van der Waals surface area contributed by atoms with E-state index in [9.17, 15) is 0 Å². The van der Waals surface area contributed by atoms with E-state index < -0.39 is 0 Å². The Bertz CT molecular complexity index is 919. The van der Waals surface area contributed by atoms with Crippen LogP contribution < -0.4 is 0 Å². The van der Waals surface area contributed by atoms with Gasteiger partial charge in [-0.25, -0.2) is 0 Å². The van der Waals surface area contributed by atoms with Gasteiger partial charge in [-0.1, -0.05) is 91.1 Å². The number of hydrogen-bond acceptors (Lipinski definition) is 0. The maximum absolute atomic E-state index is 3.79. The molecule has 1 aromatic heterocycles. The standard InChI is InChI=1S/C27H39N/c1-7-19(4)14-15-20(5)18-27(6,9-3)25-21(8-2)16-17-23-22-12-10-11-13-24(22)28-26(23)25/h10-13,16-17,19-20,28H,7-9,14-15,18H2,1-6H3/t19-,20-,27?/m1/s1. The first kappa shape index (κ1) is 21.0. The molecule has 1 nitrogen and oxygen atoms in total. The summed E-state index contributed by atoms with van der Waals surface area (Å²) >= 11 is 0. The molecule has 1 heterocycles. The second kappa shape index (κ2) is 8.72. The number of fused-ring (bicyclic) bond motifs is 3. The molecule has 1 unspecified atom stereocenters. The zero-order valence-corrected chi connectivity index (χ0v) is 18.9. The van der Waals surface area contributed by atoms with Crippen LogP contribution in [0.3, 0.4) is 0 Å². The fourth-order valence-electron chi connectivity index (χ4n) is 5.01. The summed E-state index contributed by atoms with van der Waals surface area (Å²) in [5.74, 6) is 1.60. The fraction of sp³-hybridized carbons (Fsp3) is 0.556. The van der Waals surface area contributed by atoms with Crippen LogP contribution >= 0.6 is 0 Å². The van der Waals surface area contributed by atoms with Crippen molar-refractivity contribution in [2.24, 2.45) is 11.8 Å². The molecule has 0 aliphatic carbocycles. The normalized spacial score (nSPS) is 16.4. The molecule has 0 aliphatic rings. The number of H-pyrrole nitrogens is 1. The summed E-state index contributed by atoms with van der Waals surface area (Å²) in [6.07, 6.45) is 7.54. The number of aryl methyl sites for hydroxylation is 1. The molecule has 152 valence electrons. The number of aromatic nitrogens is 1. The quantitative estimate of drug-likeness (QED) is 0.385. The minimum atomic E-state index is 0.209. The second-order valence-corrected chi connectivity index (χ2v) is 9.36. The van der Waals surface area contributed by atoms with Crippen molar-refractivity contribution in [1.82, 2.24) is 4.98 Å². The molecule has 0 fully saturated rings. The molecule has 0 radical (unpaired) electrons. The van der Waals surface area contributed by atoms with Gasteiger partial charge in [0.1, 0.15) is 0 Å². The average Bonchev–Trinajstić information content (AvgIpc) is 3.09. The van der Waals surface area contributed by atoms with Crippen molar-refractivity contribution < 1.29 is 0 Å². The van der Waals surface area contributed by atoms with Gasteiger partial charge in [-0.05, 0) is 53.7 Å². The molecule has 3 rings (SSSR count). The summed E-state index contributed by atoms with van der Waals surface area (Å²) in [5, 5.41) is 2.74. The fourth-order valence-corrected chi connectivity index (χ4v) is 5.01. The number of rotatable bonds is 9. The minimum Gasteiger partial charge on any atom is -0.354 e. The van der Waals surface area contributed by atoms with Crippen LogP contribution in [0.5, 0.6) is 0 Å². The average molecular weight is 378 g/mol. The summed E-state index contributed by atoms with van der Waals surface area (Å²) in [6.45, 7) is 14.4. The number of hydrogen-bond donors (Lipinski definition) is 1. The Labute approximate surface area is 171 Å². The Morgan fingerprint density at radius 1 is 0.893 bits per heavy atom. The lowest BCUT2D eigenvalue weighted by Crippen LogP contribution is -2.26. The largest absolute Gasteiger partial charge is 0.354 e. The Balaban J connectivity index is 2.05. The van der Waals surface area contributed by atoms with Crippen LogP contribution in [0.4, 0.5) is 0 Å². The summed E-state index contributed by atoms with van der Waals surface area (Å²) in [6, 6.07) is 13.5. The third-order valence-corrected chi connectivity index (χ3v) is 7.18. The van der Waals surface area contributed by atoms with Crippen LogP contribution in [0.25, 0.3) is 21.8 Å². The molecule has 2 aromatic carbocycles. The predicted octanol–water partition coefficient (Wildman–Crippen LogP) is 8.40. The molecule has 0 saturated carbocycles. The zero-order valence-electron chi connectivity index (χ0n) is 18.9. The highest BCUT2D eigenvalue weighted by atomic mass is 14.7. The van der Waals surface area contributed by atoms with Gasteiger partial charge in [0.2, 0.25) is 0 Å². The van der Waals surface area contributed by atoms with Crippen molar-refractivity contribution >= 4 is 21.8 Å². The van der Waals surface area contributed by atoms with Crippen molar-refractivity contribution in [1.29, 1.82) is 0 Å². The maximum atomic E-state index is 3.79. The lowest BCUT2D eigenvalue weighted by Gasteiger charge is -2.34. The molecule has 1 N–H and O–H groups in total. The summed E-state index contributed by atoms with van der Waals surface area (Å²) in [7, 11) is 0. The molecular formula is C27H39N. The monoisotopic (exact) mass is 377 g/mol. The molecule has 0 spiro atoms. The highest BCUT2D eigenvalue weighted by Crippen LogP contribution is 2.42. The number of benzene rings is 2. The second-order valence-electron chi connectivity index (χ2n) is 9.36. The summed E-state index contributed by atoms with van der Waals surface area (Å²) in [4.78, 5) is 3.79. The first-order valence-corrected chi connectivity index (χ1v) is 11.5. The molecule has 3 atom stereocenters. The van der Waals surface area contributed by atoms with E-state index in [1.807, 2.05) is 0 Å². The zero-order chi connectivity index (χ0) is 20.3. The van der Waals surface area contributed by atoms with Crippen LogP contribution in [0.15, 0.2) is 36.4 Å². The maximum Gasteiger partial charge on any atom is 0.0505 e. The SMILES string of the molecule is CCc1ccc2c([nH]c3ccccc32)c1C(C)(CC)C[C@H](C)CC[C@H](C)CC. The van der Waals surface area contributed by atoms with Gasteiger partial charge >= 0.3 is 0 Å². The number of para-hydroxylation sites is 1. The van der Waals surface area contributed by atoms with Crippen molar-refractivity contribution in [2.75, 3.05) is 0 Å². The predicted molar refractivity (Wildman–Crippen MR) is 125 cm³/mol. The first-order chi connectivity index (χ1) is 13.4. The van der Waals surface area contributed by atoms with Crippen LogP contribution in [-0.4, -0.2) is 4.98 Å². The van der Waals surface area contributed by atoms with E-state index in [-0.39, 0.29) is 5.41 Å². The van der Waals surface area contributed by atoms with Crippen molar-refractivity contribution in [2.45, 2.75) is 85.5 Å². The molecule has 3 aromatic rings. The molecule has 0 amide bonds. The van der Waals surface area contributed by atoms with Crippen LogP contribution in [0, 0.1) is 11.8 Å². The molecule has 1 heteroatoms. The van der Waals surface area contributed by atoms with Crippen molar-refractivity contribution in [3.05, 3.63) is 47.5 Å². The molecular weight excluding hydrogens is 338 g/mol. The van der Waals surface area contributed by atoms with E-state index in [1.54, 1.807) is 5.56 Å². The van der Waals surface area contributed by atoms with Crippen molar-refractivity contribution in [3.8, 4) is 0 Å². The van der Waals surface area contributed by atoms with Gasteiger partial charge < -0.3 is 4.98 Å². The smallest absolute Gasteiger partial charge is 0.0505 e. The van der Waals surface area contributed by atoms with Gasteiger partial charge in [0, 0.05) is 16.3 Å². The third-order valence-electron chi connectivity index (χ3n) is 7.18. The summed E-state index contributed by atoms with van der Waals surface area (Å²) in [5.41, 5.74) is 5.93. The van der Waals surface area contributed by atoms with Crippen molar-refractivity contribution in [3.63, 3.8) is 0 Å². The Morgan fingerprint density at radius 2 is 1.61 bits per heavy atom. The highest BCUT2D eigenvalue weighted by molar-refractivity contribution is 6.08. The van der Waals surface area contributed by atoms with E-state index in [0.29, 0.717) is 0 Å². The first-order valence-electron chi connectivity index (χ1n) is 11.5. The number of aromatic amines is 1. The Kier molecular flexibility index (Phi) is 6.53. The van der Waals surface area contributed by atoms with Crippen LogP contribution in [-0.2, 0) is 11.8 Å². The van der Waals surface area contributed by atoms with Gasteiger partial charge in [-0.3, -0.25) is 0 Å². The molecule has 28 heavy (non-hydrogen) atoms. The van der Waals surface area contributed by atoms with E-state index >= 15 is 0 Å². The van der Waals surface area contributed by atoms with Crippen LogP contribution in [0.2, 0.25) is 0 Å². The number of nitrogens with one attached hydrogen (secondary N) is 1. The lowest BCUT2D eigenvalue weighted by atomic mass is 9.70.